The zero-order valence-electron chi connectivity index (χ0n) is 10.7. The molecule has 0 aromatic carbocycles. The van der Waals surface area contributed by atoms with Crippen LogP contribution in [0.15, 0.2) is 18.3 Å². The van der Waals surface area contributed by atoms with Crippen molar-refractivity contribution in [1.29, 1.82) is 0 Å². The average Bonchev–Trinajstić information content (AvgIpc) is 2.38. The number of carboxylic acids is 1. The first-order chi connectivity index (χ1) is 9.38. The number of nitrogens with zero attached hydrogens (tertiary/aromatic N) is 2. The summed E-state index contributed by atoms with van der Waals surface area (Å²) in [6.45, 7) is 0.639. The number of alkyl halides is 3. The predicted molar refractivity (Wildman–Crippen MR) is 65.3 cm³/mol. The van der Waals surface area contributed by atoms with Gasteiger partial charge in [0.15, 0.2) is 5.69 Å². The topological polar surface area (TPSA) is 53.4 Å². The zero-order valence-corrected chi connectivity index (χ0v) is 10.7. The number of hydrogen-bond acceptors (Lipinski definition) is 3. The van der Waals surface area contributed by atoms with Crippen LogP contribution in [0.5, 0.6) is 0 Å². The standard InChI is InChI=1S/C13H15F3N2O2/c14-13(15,16)10-4-2-6-18(8-10)7-9-3-1-5-17-11(9)12(19)20/h1,3,5,10H,2,4,6-8H2,(H,19,20). The molecule has 20 heavy (non-hydrogen) atoms. The SMILES string of the molecule is O=C(O)c1ncccc1CN1CCCC(C(F)(F)F)C1. The molecule has 0 saturated carbocycles. The lowest BCUT2D eigenvalue weighted by atomic mass is 9.97. The molecular formula is C13H15F3N2O2. The van der Waals surface area contributed by atoms with E-state index in [1.807, 2.05) is 0 Å². The van der Waals surface area contributed by atoms with Crippen molar-refractivity contribution in [1.82, 2.24) is 9.88 Å². The summed E-state index contributed by atoms with van der Waals surface area (Å²) >= 11 is 0. The Hall–Kier alpha value is -1.63. The van der Waals surface area contributed by atoms with Gasteiger partial charge in [-0.15, -0.1) is 0 Å². The Kier molecular flexibility index (Phi) is 4.27. The van der Waals surface area contributed by atoms with Crippen molar-refractivity contribution in [3.63, 3.8) is 0 Å². The second-order valence-electron chi connectivity index (χ2n) is 4.93. The number of carbonyl (C=O) groups is 1. The lowest BCUT2D eigenvalue weighted by Gasteiger charge is -2.33. The van der Waals surface area contributed by atoms with Crippen molar-refractivity contribution in [3.8, 4) is 0 Å². The molecule has 0 spiro atoms. The fourth-order valence-corrected chi connectivity index (χ4v) is 2.47. The van der Waals surface area contributed by atoms with Crippen LogP contribution in [0.3, 0.4) is 0 Å². The van der Waals surface area contributed by atoms with Crippen LogP contribution in [-0.2, 0) is 6.54 Å². The molecule has 1 saturated heterocycles. The monoisotopic (exact) mass is 288 g/mol. The molecule has 1 N–H and O–H groups in total. The van der Waals surface area contributed by atoms with E-state index in [1.165, 1.54) is 6.20 Å². The maximum atomic E-state index is 12.7. The number of carboxylic acid groups (broad SMARTS) is 1. The average molecular weight is 288 g/mol. The van der Waals surface area contributed by atoms with Gasteiger partial charge in [-0.2, -0.15) is 13.2 Å². The molecule has 110 valence electrons. The minimum Gasteiger partial charge on any atom is -0.477 e. The van der Waals surface area contributed by atoms with E-state index in [-0.39, 0.29) is 25.2 Å². The summed E-state index contributed by atoms with van der Waals surface area (Å²) in [4.78, 5) is 16.4. The molecule has 1 aromatic heterocycles. The predicted octanol–water partition coefficient (Wildman–Crippen LogP) is 2.55. The number of piperidine rings is 1. The summed E-state index contributed by atoms with van der Waals surface area (Å²) < 4.78 is 38.2. The highest BCUT2D eigenvalue weighted by Gasteiger charge is 2.41. The third-order valence-electron chi connectivity index (χ3n) is 3.46. The smallest absolute Gasteiger partial charge is 0.393 e. The third-order valence-corrected chi connectivity index (χ3v) is 3.46. The molecule has 0 radical (unpaired) electrons. The fraction of sp³-hybridized carbons (Fsp3) is 0.538. The van der Waals surface area contributed by atoms with Crippen molar-refractivity contribution >= 4 is 5.97 Å². The van der Waals surface area contributed by atoms with Crippen LogP contribution in [0, 0.1) is 5.92 Å². The molecular weight excluding hydrogens is 273 g/mol. The Morgan fingerprint density at radius 2 is 2.25 bits per heavy atom. The summed E-state index contributed by atoms with van der Waals surface area (Å²) in [5.41, 5.74) is 0.351. The Morgan fingerprint density at radius 1 is 1.50 bits per heavy atom. The molecule has 1 aromatic rings. The summed E-state index contributed by atoms with van der Waals surface area (Å²) in [5.74, 6) is -2.49. The van der Waals surface area contributed by atoms with E-state index in [2.05, 4.69) is 4.98 Å². The van der Waals surface area contributed by atoms with E-state index in [0.29, 0.717) is 18.5 Å². The van der Waals surface area contributed by atoms with Crippen LogP contribution in [-0.4, -0.2) is 40.2 Å². The number of pyridine rings is 1. The molecule has 1 unspecified atom stereocenters. The van der Waals surface area contributed by atoms with E-state index in [9.17, 15) is 18.0 Å². The first-order valence-electron chi connectivity index (χ1n) is 6.34. The number of likely N-dealkylation sites (tertiary alicyclic amines) is 1. The summed E-state index contributed by atoms with van der Waals surface area (Å²) in [7, 11) is 0. The van der Waals surface area contributed by atoms with Gasteiger partial charge < -0.3 is 5.11 Å². The normalized spacial score (nSPS) is 20.9. The van der Waals surface area contributed by atoms with Crippen molar-refractivity contribution < 1.29 is 23.1 Å². The van der Waals surface area contributed by atoms with Gasteiger partial charge in [0, 0.05) is 19.3 Å². The molecule has 4 nitrogen and oxygen atoms in total. The largest absolute Gasteiger partial charge is 0.477 e. The van der Waals surface area contributed by atoms with Crippen molar-refractivity contribution in [2.45, 2.75) is 25.6 Å². The van der Waals surface area contributed by atoms with Crippen LogP contribution in [0.1, 0.15) is 28.9 Å². The second-order valence-corrected chi connectivity index (χ2v) is 4.93. The van der Waals surface area contributed by atoms with E-state index in [1.54, 1.807) is 17.0 Å². The molecule has 2 rings (SSSR count). The molecule has 0 bridgehead atoms. The molecule has 1 aliphatic heterocycles. The molecule has 0 aliphatic carbocycles. The second kappa shape index (κ2) is 5.78. The molecule has 1 atom stereocenters. The highest BCUT2D eigenvalue weighted by atomic mass is 19.4. The van der Waals surface area contributed by atoms with Crippen molar-refractivity contribution in [2.24, 2.45) is 5.92 Å². The van der Waals surface area contributed by atoms with Gasteiger partial charge in [0.2, 0.25) is 0 Å². The zero-order chi connectivity index (χ0) is 14.8. The molecule has 1 fully saturated rings. The van der Waals surface area contributed by atoms with Gasteiger partial charge in [-0.3, -0.25) is 4.90 Å². The van der Waals surface area contributed by atoms with Crippen LogP contribution in [0.2, 0.25) is 0 Å². The summed E-state index contributed by atoms with van der Waals surface area (Å²) in [5, 5.41) is 9.02. The molecule has 7 heteroatoms. The lowest BCUT2D eigenvalue weighted by Crippen LogP contribution is -2.41. The highest BCUT2D eigenvalue weighted by Crippen LogP contribution is 2.33. The van der Waals surface area contributed by atoms with Crippen LogP contribution in [0.4, 0.5) is 13.2 Å². The van der Waals surface area contributed by atoms with Gasteiger partial charge in [-0.05, 0) is 31.0 Å². The number of hydrogen-bond donors (Lipinski definition) is 1. The number of rotatable bonds is 3. The minimum absolute atomic E-state index is 0.0859. The van der Waals surface area contributed by atoms with Gasteiger partial charge in [0.05, 0.1) is 5.92 Å². The van der Waals surface area contributed by atoms with Crippen LogP contribution >= 0.6 is 0 Å². The van der Waals surface area contributed by atoms with E-state index >= 15 is 0 Å². The number of aromatic nitrogens is 1. The van der Waals surface area contributed by atoms with Gasteiger partial charge >= 0.3 is 12.1 Å². The minimum atomic E-state index is -4.19. The number of aromatic carboxylic acids is 1. The molecule has 2 heterocycles. The molecule has 1 aliphatic rings. The van der Waals surface area contributed by atoms with Gasteiger partial charge in [-0.25, -0.2) is 9.78 Å². The number of halogens is 3. The third kappa shape index (κ3) is 3.47. The quantitative estimate of drug-likeness (QED) is 0.928. The fourth-order valence-electron chi connectivity index (χ4n) is 2.47. The maximum absolute atomic E-state index is 12.7. The van der Waals surface area contributed by atoms with E-state index in [0.717, 1.165) is 0 Å². The van der Waals surface area contributed by atoms with E-state index < -0.39 is 18.1 Å². The summed E-state index contributed by atoms with van der Waals surface area (Å²) in [6.07, 6.45) is -2.23. The van der Waals surface area contributed by atoms with Crippen molar-refractivity contribution in [2.75, 3.05) is 13.1 Å². The van der Waals surface area contributed by atoms with Gasteiger partial charge in [0.25, 0.3) is 0 Å². The Balaban J connectivity index is 2.09. The Bertz CT molecular complexity index is 491. The first kappa shape index (κ1) is 14.8. The van der Waals surface area contributed by atoms with Gasteiger partial charge in [-0.1, -0.05) is 6.07 Å². The van der Waals surface area contributed by atoms with Crippen LogP contribution in [0.25, 0.3) is 0 Å². The van der Waals surface area contributed by atoms with Crippen molar-refractivity contribution in [3.05, 3.63) is 29.6 Å². The van der Waals surface area contributed by atoms with Gasteiger partial charge in [0.1, 0.15) is 0 Å². The lowest BCUT2D eigenvalue weighted by molar-refractivity contribution is -0.187. The summed E-state index contributed by atoms with van der Waals surface area (Å²) in [6, 6.07) is 3.18. The highest BCUT2D eigenvalue weighted by molar-refractivity contribution is 5.86. The Morgan fingerprint density at radius 3 is 2.90 bits per heavy atom. The maximum Gasteiger partial charge on any atom is 0.393 e. The van der Waals surface area contributed by atoms with E-state index in [4.69, 9.17) is 5.11 Å². The Labute approximate surface area is 114 Å². The van der Waals surface area contributed by atoms with Crippen LogP contribution < -0.4 is 0 Å². The first-order valence-corrected chi connectivity index (χ1v) is 6.34. The molecule has 0 amide bonds.